The highest BCUT2D eigenvalue weighted by molar-refractivity contribution is 9.10. The normalized spacial score (nSPS) is 23.4. The molecule has 1 fully saturated rings. The summed E-state index contributed by atoms with van der Waals surface area (Å²) in [5.74, 6) is 1.09. The Morgan fingerprint density at radius 1 is 1.52 bits per heavy atom. The summed E-state index contributed by atoms with van der Waals surface area (Å²) in [6.45, 7) is 7.85. The van der Waals surface area contributed by atoms with Crippen LogP contribution in [0.3, 0.4) is 0 Å². The first-order valence-corrected chi connectivity index (χ1v) is 8.20. The van der Waals surface area contributed by atoms with Gasteiger partial charge in [-0.05, 0) is 72.9 Å². The second kappa shape index (κ2) is 7.27. The molecular weight excluding hydrogens is 332 g/mol. The number of nitrogens with one attached hydrogen (secondary N) is 2. The predicted molar refractivity (Wildman–Crippen MR) is 87.6 cm³/mol. The fraction of sp³-hybridized carbons (Fsp3) is 0.562. The van der Waals surface area contributed by atoms with Crippen molar-refractivity contribution < 1.29 is 9.53 Å². The van der Waals surface area contributed by atoms with Gasteiger partial charge >= 0.3 is 0 Å². The molecule has 1 aliphatic rings. The molecule has 116 valence electrons. The molecule has 1 aromatic rings. The van der Waals surface area contributed by atoms with E-state index in [9.17, 15) is 4.79 Å². The van der Waals surface area contributed by atoms with Gasteiger partial charge in [0.15, 0.2) is 6.10 Å². The molecule has 0 radical (unpaired) electrons. The van der Waals surface area contributed by atoms with Crippen molar-refractivity contribution in [2.45, 2.75) is 39.3 Å². The summed E-state index contributed by atoms with van der Waals surface area (Å²) in [6.07, 6.45) is 0.458. The second-order valence-electron chi connectivity index (χ2n) is 5.78. The zero-order chi connectivity index (χ0) is 15.4. The van der Waals surface area contributed by atoms with Crippen LogP contribution in [0.4, 0.5) is 0 Å². The molecule has 1 aliphatic heterocycles. The van der Waals surface area contributed by atoms with E-state index in [-0.39, 0.29) is 11.9 Å². The lowest BCUT2D eigenvalue weighted by Crippen LogP contribution is -2.51. The van der Waals surface area contributed by atoms with Crippen LogP contribution in [-0.4, -0.2) is 31.1 Å². The highest BCUT2D eigenvalue weighted by Crippen LogP contribution is 2.26. The Balaban J connectivity index is 1.92. The van der Waals surface area contributed by atoms with Crippen molar-refractivity contribution in [1.82, 2.24) is 10.6 Å². The number of piperidine rings is 1. The van der Waals surface area contributed by atoms with Gasteiger partial charge in [-0.25, -0.2) is 0 Å². The van der Waals surface area contributed by atoms with Crippen molar-refractivity contribution in [3.8, 4) is 5.75 Å². The van der Waals surface area contributed by atoms with Crippen LogP contribution in [-0.2, 0) is 4.79 Å². The highest BCUT2D eigenvalue weighted by atomic mass is 79.9. The minimum atomic E-state index is -0.508. The van der Waals surface area contributed by atoms with Crippen LogP contribution in [0.5, 0.6) is 5.75 Å². The fourth-order valence-electron chi connectivity index (χ4n) is 2.47. The summed E-state index contributed by atoms with van der Waals surface area (Å²) >= 11 is 3.47. The van der Waals surface area contributed by atoms with Crippen molar-refractivity contribution in [3.63, 3.8) is 0 Å². The molecule has 3 atom stereocenters. The number of amides is 1. The minimum Gasteiger partial charge on any atom is -0.480 e. The molecule has 0 aromatic heterocycles. The SMILES string of the molecule is Cc1ccc(OC(C)C(=O)NC2CCNCC2C)c(Br)c1. The molecule has 2 N–H and O–H groups in total. The third-order valence-electron chi connectivity index (χ3n) is 3.87. The van der Waals surface area contributed by atoms with E-state index >= 15 is 0 Å². The molecule has 4 nitrogen and oxygen atoms in total. The summed E-state index contributed by atoms with van der Waals surface area (Å²) in [6, 6.07) is 6.07. The summed E-state index contributed by atoms with van der Waals surface area (Å²) < 4.78 is 6.64. The van der Waals surface area contributed by atoms with E-state index in [2.05, 4.69) is 33.5 Å². The van der Waals surface area contributed by atoms with Crippen LogP contribution in [0.2, 0.25) is 0 Å². The average molecular weight is 355 g/mol. The van der Waals surface area contributed by atoms with Gasteiger partial charge in [0.05, 0.1) is 4.47 Å². The van der Waals surface area contributed by atoms with Gasteiger partial charge in [0.2, 0.25) is 0 Å². The van der Waals surface area contributed by atoms with Gasteiger partial charge in [-0.3, -0.25) is 4.79 Å². The standard InChI is InChI=1S/C16H23BrN2O2/c1-10-4-5-15(13(17)8-10)21-12(3)16(20)19-14-6-7-18-9-11(14)2/h4-5,8,11-12,14,18H,6-7,9H2,1-3H3,(H,19,20). The van der Waals surface area contributed by atoms with Crippen LogP contribution in [0.1, 0.15) is 25.8 Å². The Kier molecular flexibility index (Phi) is 5.65. The van der Waals surface area contributed by atoms with Gasteiger partial charge in [0.1, 0.15) is 5.75 Å². The number of ether oxygens (including phenoxy) is 1. The zero-order valence-corrected chi connectivity index (χ0v) is 14.4. The number of hydrogen-bond acceptors (Lipinski definition) is 3. The van der Waals surface area contributed by atoms with Crippen LogP contribution >= 0.6 is 15.9 Å². The summed E-state index contributed by atoms with van der Waals surface area (Å²) in [5.41, 5.74) is 1.15. The number of hydrogen-bond donors (Lipinski definition) is 2. The number of benzene rings is 1. The first-order valence-electron chi connectivity index (χ1n) is 7.41. The van der Waals surface area contributed by atoms with Crippen LogP contribution in [0.15, 0.2) is 22.7 Å². The number of aryl methyl sites for hydroxylation is 1. The lowest BCUT2D eigenvalue weighted by Gasteiger charge is -2.31. The maximum atomic E-state index is 12.3. The molecule has 3 unspecified atom stereocenters. The number of carbonyl (C=O) groups excluding carboxylic acids is 1. The van der Waals surface area contributed by atoms with Gasteiger partial charge < -0.3 is 15.4 Å². The minimum absolute atomic E-state index is 0.0544. The van der Waals surface area contributed by atoms with E-state index < -0.39 is 6.10 Å². The molecule has 0 bridgehead atoms. The Hall–Kier alpha value is -1.07. The Morgan fingerprint density at radius 3 is 2.95 bits per heavy atom. The van der Waals surface area contributed by atoms with E-state index in [1.807, 2.05) is 25.1 Å². The lowest BCUT2D eigenvalue weighted by atomic mass is 9.95. The fourth-order valence-corrected chi connectivity index (χ4v) is 3.06. The largest absolute Gasteiger partial charge is 0.480 e. The van der Waals surface area contributed by atoms with Gasteiger partial charge in [-0.2, -0.15) is 0 Å². The number of rotatable bonds is 4. The first-order chi connectivity index (χ1) is 9.97. The molecule has 2 rings (SSSR count). The van der Waals surface area contributed by atoms with E-state index in [1.165, 1.54) is 0 Å². The molecule has 0 aliphatic carbocycles. The van der Waals surface area contributed by atoms with Crippen LogP contribution in [0, 0.1) is 12.8 Å². The number of halogens is 1. The molecule has 1 aromatic carbocycles. The summed E-state index contributed by atoms with van der Waals surface area (Å²) in [5, 5.41) is 6.43. The van der Waals surface area contributed by atoms with Crippen molar-refractivity contribution in [2.24, 2.45) is 5.92 Å². The second-order valence-corrected chi connectivity index (χ2v) is 6.63. The molecule has 1 heterocycles. The van der Waals surface area contributed by atoms with E-state index in [1.54, 1.807) is 6.92 Å². The molecule has 0 spiro atoms. The smallest absolute Gasteiger partial charge is 0.261 e. The van der Waals surface area contributed by atoms with E-state index in [0.717, 1.165) is 29.5 Å². The Bertz CT molecular complexity index is 507. The Labute approximate surface area is 134 Å². The summed E-state index contributed by atoms with van der Waals surface area (Å²) in [4.78, 5) is 12.3. The van der Waals surface area contributed by atoms with Gasteiger partial charge in [-0.1, -0.05) is 13.0 Å². The van der Waals surface area contributed by atoms with Crippen LogP contribution < -0.4 is 15.4 Å². The third-order valence-corrected chi connectivity index (χ3v) is 4.49. The molecule has 21 heavy (non-hydrogen) atoms. The van der Waals surface area contributed by atoms with E-state index in [4.69, 9.17) is 4.74 Å². The predicted octanol–water partition coefficient (Wildman–Crippen LogP) is 2.64. The van der Waals surface area contributed by atoms with Gasteiger partial charge in [0, 0.05) is 6.04 Å². The molecule has 1 amide bonds. The monoisotopic (exact) mass is 354 g/mol. The molecule has 1 saturated heterocycles. The quantitative estimate of drug-likeness (QED) is 0.873. The van der Waals surface area contributed by atoms with Crippen molar-refractivity contribution in [3.05, 3.63) is 28.2 Å². The van der Waals surface area contributed by atoms with Crippen molar-refractivity contribution in [2.75, 3.05) is 13.1 Å². The highest BCUT2D eigenvalue weighted by Gasteiger charge is 2.25. The Morgan fingerprint density at radius 2 is 2.29 bits per heavy atom. The van der Waals surface area contributed by atoms with E-state index in [0.29, 0.717) is 11.7 Å². The van der Waals surface area contributed by atoms with Gasteiger partial charge in [-0.15, -0.1) is 0 Å². The van der Waals surface area contributed by atoms with Crippen LogP contribution in [0.25, 0.3) is 0 Å². The first kappa shape index (κ1) is 16.3. The maximum absolute atomic E-state index is 12.3. The number of carbonyl (C=O) groups is 1. The maximum Gasteiger partial charge on any atom is 0.261 e. The van der Waals surface area contributed by atoms with Crippen molar-refractivity contribution in [1.29, 1.82) is 0 Å². The molecule has 0 saturated carbocycles. The molecular formula is C16H23BrN2O2. The average Bonchev–Trinajstić information content (AvgIpc) is 2.44. The zero-order valence-electron chi connectivity index (χ0n) is 12.8. The topological polar surface area (TPSA) is 50.4 Å². The lowest BCUT2D eigenvalue weighted by molar-refractivity contribution is -0.128. The van der Waals surface area contributed by atoms with Crippen molar-refractivity contribution >= 4 is 21.8 Å². The summed E-state index contributed by atoms with van der Waals surface area (Å²) in [7, 11) is 0. The third kappa shape index (κ3) is 4.45. The molecule has 5 heteroatoms. The van der Waals surface area contributed by atoms with Gasteiger partial charge in [0.25, 0.3) is 5.91 Å².